The van der Waals surface area contributed by atoms with E-state index in [0.717, 1.165) is 12.1 Å². The fourth-order valence-corrected chi connectivity index (χ4v) is 4.05. The third-order valence-electron chi connectivity index (χ3n) is 3.93. The average molecular weight is 477 g/mol. The lowest BCUT2D eigenvalue weighted by Crippen LogP contribution is -2.14. The van der Waals surface area contributed by atoms with Crippen LogP contribution in [0.1, 0.15) is 23.0 Å². The highest BCUT2D eigenvalue weighted by molar-refractivity contribution is 7.99. The van der Waals surface area contributed by atoms with Crippen LogP contribution in [0.2, 0.25) is 0 Å². The third-order valence-corrected chi connectivity index (χ3v) is 5.70. The van der Waals surface area contributed by atoms with E-state index in [1.165, 1.54) is 36.1 Å². The highest BCUT2D eigenvalue weighted by atomic mass is 32.2. The Kier molecular flexibility index (Phi) is 7.90. The van der Waals surface area contributed by atoms with Crippen molar-refractivity contribution in [1.82, 2.24) is 4.98 Å². The smallest absolute Gasteiger partial charge is 0.257 e. The topological polar surface area (TPSA) is 100 Å². The Morgan fingerprint density at radius 3 is 2.31 bits per heavy atom. The minimum atomic E-state index is -1.10. The summed E-state index contributed by atoms with van der Waals surface area (Å²) in [7, 11) is 0. The van der Waals surface area contributed by atoms with Gasteiger partial charge in [-0.1, -0.05) is 0 Å². The van der Waals surface area contributed by atoms with E-state index in [-0.39, 0.29) is 23.1 Å². The van der Waals surface area contributed by atoms with Crippen molar-refractivity contribution in [3.05, 3.63) is 70.7 Å². The number of nitrogens with one attached hydrogen (secondary N) is 3. The first-order chi connectivity index (χ1) is 15.3. The number of hydrogen-bond acceptors (Lipinski definition) is 6. The van der Waals surface area contributed by atoms with E-state index < -0.39 is 17.5 Å². The van der Waals surface area contributed by atoms with Crippen LogP contribution in [0.3, 0.4) is 0 Å². The van der Waals surface area contributed by atoms with Crippen molar-refractivity contribution in [1.29, 1.82) is 0 Å². The van der Waals surface area contributed by atoms with Gasteiger partial charge in [-0.25, -0.2) is 13.8 Å². The highest BCUT2D eigenvalue weighted by Crippen LogP contribution is 2.21. The molecule has 32 heavy (non-hydrogen) atoms. The first-order valence-electron chi connectivity index (χ1n) is 9.26. The Bertz CT molecular complexity index is 1140. The van der Waals surface area contributed by atoms with Crippen molar-refractivity contribution < 1.29 is 23.2 Å². The molecule has 2 aromatic carbocycles. The summed E-state index contributed by atoms with van der Waals surface area (Å²) in [5.74, 6) is -2.44. The summed E-state index contributed by atoms with van der Waals surface area (Å²) in [5.41, 5.74) is 1.91. The number of aromatic nitrogens is 1. The largest absolute Gasteiger partial charge is 0.326 e. The number of nitrogens with zero attached hydrogens (tertiary/aromatic N) is 1. The molecule has 0 unspecified atom stereocenters. The Hall–Kier alpha value is -3.31. The summed E-state index contributed by atoms with van der Waals surface area (Å²) < 4.78 is 26.3. The molecule has 0 radical (unpaired) electrons. The zero-order valence-electron chi connectivity index (χ0n) is 16.8. The van der Waals surface area contributed by atoms with Gasteiger partial charge in [0.1, 0.15) is 0 Å². The van der Waals surface area contributed by atoms with Crippen molar-refractivity contribution in [3.63, 3.8) is 0 Å². The Labute approximate surface area is 190 Å². The Balaban J connectivity index is 1.43. The molecule has 0 aliphatic heterocycles. The van der Waals surface area contributed by atoms with Crippen molar-refractivity contribution in [3.8, 4) is 0 Å². The summed E-state index contributed by atoms with van der Waals surface area (Å²) in [6, 6.07) is 9.65. The second kappa shape index (κ2) is 10.8. The Morgan fingerprint density at radius 2 is 1.66 bits per heavy atom. The summed E-state index contributed by atoms with van der Waals surface area (Å²) >= 11 is 2.54. The van der Waals surface area contributed by atoms with Gasteiger partial charge >= 0.3 is 0 Å². The molecule has 0 saturated heterocycles. The quantitative estimate of drug-likeness (QED) is 0.444. The molecule has 3 amide bonds. The number of hydrogen-bond donors (Lipinski definition) is 3. The summed E-state index contributed by atoms with van der Waals surface area (Å²) in [5, 5.41) is 10.0. The number of thioether (sulfide) groups is 1. The number of thiazole rings is 1. The van der Waals surface area contributed by atoms with Crippen LogP contribution in [0.25, 0.3) is 0 Å². The maximum Gasteiger partial charge on any atom is 0.257 e. The molecule has 11 heteroatoms. The molecule has 1 aromatic heterocycles. The minimum absolute atomic E-state index is 0.0168. The molecular formula is C21H18F2N4O3S2. The lowest BCUT2D eigenvalue weighted by Gasteiger charge is -2.06. The van der Waals surface area contributed by atoms with E-state index in [1.54, 1.807) is 29.6 Å². The van der Waals surface area contributed by atoms with Crippen molar-refractivity contribution >= 4 is 57.3 Å². The van der Waals surface area contributed by atoms with Crippen LogP contribution in [0.4, 0.5) is 25.3 Å². The number of rotatable bonds is 8. The molecule has 0 saturated carbocycles. The van der Waals surface area contributed by atoms with E-state index >= 15 is 0 Å². The van der Waals surface area contributed by atoms with Gasteiger partial charge in [0.25, 0.3) is 5.91 Å². The molecule has 0 aliphatic carbocycles. The van der Waals surface area contributed by atoms with Crippen molar-refractivity contribution in [2.45, 2.75) is 12.7 Å². The molecule has 7 nitrogen and oxygen atoms in total. The maximum atomic E-state index is 13.3. The van der Waals surface area contributed by atoms with E-state index in [1.807, 2.05) is 0 Å². The van der Waals surface area contributed by atoms with Gasteiger partial charge in [-0.05, 0) is 42.5 Å². The lowest BCUT2D eigenvalue weighted by atomic mass is 10.2. The van der Waals surface area contributed by atoms with Crippen LogP contribution < -0.4 is 16.0 Å². The van der Waals surface area contributed by atoms with E-state index in [9.17, 15) is 23.2 Å². The number of benzene rings is 2. The van der Waals surface area contributed by atoms with Gasteiger partial charge in [0.15, 0.2) is 16.8 Å². The molecule has 0 spiro atoms. The predicted octanol–water partition coefficient (Wildman–Crippen LogP) is 4.50. The zero-order valence-corrected chi connectivity index (χ0v) is 18.4. The van der Waals surface area contributed by atoms with Crippen molar-refractivity contribution in [2.75, 3.05) is 21.7 Å². The van der Waals surface area contributed by atoms with Crippen molar-refractivity contribution in [2.24, 2.45) is 0 Å². The van der Waals surface area contributed by atoms with Gasteiger partial charge < -0.3 is 10.6 Å². The molecule has 0 fully saturated rings. The van der Waals surface area contributed by atoms with Gasteiger partial charge in [-0.3, -0.25) is 19.7 Å². The average Bonchev–Trinajstić information content (AvgIpc) is 3.18. The van der Waals surface area contributed by atoms with Gasteiger partial charge in [0.2, 0.25) is 11.8 Å². The molecule has 0 bridgehead atoms. The standard InChI is InChI=1S/C21H18F2N4O3S2/c1-12(28)24-14-3-5-15(6-4-14)25-19(29)11-31-9-16-10-32-21(26-16)27-20(30)13-2-7-17(22)18(23)8-13/h2-8,10H,9,11H2,1H3,(H,24,28)(H,25,29)(H,26,27,30). The second-order valence-corrected chi connectivity index (χ2v) is 8.37. The number of halogens is 2. The SMILES string of the molecule is CC(=O)Nc1ccc(NC(=O)CSCc2csc(NC(=O)c3ccc(F)c(F)c3)n2)cc1. The molecule has 166 valence electrons. The number of anilines is 3. The number of carbonyl (C=O) groups excluding carboxylic acids is 3. The molecule has 0 atom stereocenters. The van der Waals surface area contributed by atoms with E-state index in [4.69, 9.17) is 0 Å². The zero-order chi connectivity index (χ0) is 23.1. The number of carbonyl (C=O) groups is 3. The lowest BCUT2D eigenvalue weighted by molar-refractivity contribution is -0.114. The monoisotopic (exact) mass is 476 g/mol. The van der Waals surface area contributed by atoms with Crippen LogP contribution in [-0.4, -0.2) is 28.5 Å². The Morgan fingerprint density at radius 1 is 0.969 bits per heavy atom. The maximum absolute atomic E-state index is 13.3. The fraction of sp³-hybridized carbons (Fsp3) is 0.143. The summed E-state index contributed by atoms with van der Waals surface area (Å²) in [6.07, 6.45) is 0. The molecule has 3 rings (SSSR count). The highest BCUT2D eigenvalue weighted by Gasteiger charge is 2.12. The van der Waals surface area contributed by atoms with Crippen LogP contribution in [0, 0.1) is 11.6 Å². The second-order valence-electron chi connectivity index (χ2n) is 6.53. The molecule has 0 aliphatic rings. The fourth-order valence-electron chi connectivity index (χ4n) is 2.52. The van der Waals surface area contributed by atoms with Crippen LogP contribution in [0.15, 0.2) is 47.8 Å². The first kappa shape index (κ1) is 23.4. The van der Waals surface area contributed by atoms with E-state index in [0.29, 0.717) is 28.0 Å². The van der Waals surface area contributed by atoms with Crippen LogP contribution >= 0.6 is 23.1 Å². The van der Waals surface area contributed by atoms with Gasteiger partial charge in [0, 0.05) is 35.0 Å². The predicted molar refractivity (Wildman–Crippen MR) is 122 cm³/mol. The van der Waals surface area contributed by atoms with Crippen LogP contribution in [0.5, 0.6) is 0 Å². The summed E-state index contributed by atoms with van der Waals surface area (Å²) in [4.78, 5) is 39.5. The molecule has 1 heterocycles. The van der Waals surface area contributed by atoms with Crippen LogP contribution in [-0.2, 0) is 15.3 Å². The van der Waals surface area contributed by atoms with Gasteiger partial charge in [-0.2, -0.15) is 0 Å². The van der Waals surface area contributed by atoms with E-state index in [2.05, 4.69) is 20.9 Å². The molecular weight excluding hydrogens is 458 g/mol. The third kappa shape index (κ3) is 6.86. The molecule has 3 N–H and O–H groups in total. The summed E-state index contributed by atoms with van der Waals surface area (Å²) in [6.45, 7) is 1.42. The number of amides is 3. The van der Waals surface area contributed by atoms with Gasteiger partial charge in [0.05, 0.1) is 11.4 Å². The normalized spacial score (nSPS) is 10.5. The minimum Gasteiger partial charge on any atom is -0.326 e. The van der Waals surface area contributed by atoms with Gasteiger partial charge in [-0.15, -0.1) is 23.1 Å². The first-order valence-corrected chi connectivity index (χ1v) is 11.3. The molecule has 3 aromatic rings.